The van der Waals surface area contributed by atoms with Crippen LogP contribution < -0.4 is 5.32 Å². The van der Waals surface area contributed by atoms with Crippen molar-refractivity contribution < 1.29 is 19.1 Å². The molecule has 0 saturated heterocycles. The van der Waals surface area contributed by atoms with E-state index in [-0.39, 0.29) is 24.8 Å². The van der Waals surface area contributed by atoms with E-state index in [2.05, 4.69) is 15.0 Å². The van der Waals surface area contributed by atoms with Crippen LogP contribution in [0.15, 0.2) is 29.3 Å². The highest BCUT2D eigenvalue weighted by atomic mass is 16.5. The monoisotopic (exact) mass is 274 g/mol. The van der Waals surface area contributed by atoms with Crippen molar-refractivity contribution in [3.05, 3.63) is 35.4 Å². The smallest absolute Gasteiger partial charge is 0.307 e. The van der Waals surface area contributed by atoms with Gasteiger partial charge >= 0.3 is 5.97 Å². The molecule has 2 rings (SSSR count). The average molecular weight is 274 g/mol. The Morgan fingerprint density at radius 3 is 2.85 bits per heavy atom. The van der Waals surface area contributed by atoms with E-state index in [0.717, 1.165) is 0 Å². The number of benzene rings is 1. The van der Waals surface area contributed by atoms with Crippen molar-refractivity contribution in [2.75, 3.05) is 13.7 Å². The standard InChI is InChI=1S/C14H14N2O4/c1-20-12(17)6-7-15-14(19)11-8-16-13(18)10-5-3-2-4-9(10)11/h2-5,8,11H,6-7H2,1H3,(H,15,19). The summed E-state index contributed by atoms with van der Waals surface area (Å²) in [5, 5.41) is 2.63. The molecule has 1 heterocycles. The van der Waals surface area contributed by atoms with Gasteiger partial charge in [-0.3, -0.25) is 14.4 Å². The number of hydrogen-bond donors (Lipinski definition) is 1. The molecule has 0 spiro atoms. The number of hydrogen-bond acceptors (Lipinski definition) is 4. The van der Waals surface area contributed by atoms with Crippen molar-refractivity contribution in [1.82, 2.24) is 5.32 Å². The second kappa shape index (κ2) is 6.10. The van der Waals surface area contributed by atoms with Crippen molar-refractivity contribution in [1.29, 1.82) is 0 Å². The minimum absolute atomic E-state index is 0.104. The maximum Gasteiger partial charge on any atom is 0.307 e. The molecule has 1 aromatic rings. The van der Waals surface area contributed by atoms with Crippen LogP contribution in [0.5, 0.6) is 0 Å². The van der Waals surface area contributed by atoms with E-state index in [1.807, 2.05) is 0 Å². The molecular weight excluding hydrogens is 260 g/mol. The Morgan fingerprint density at radius 2 is 2.10 bits per heavy atom. The molecule has 0 saturated carbocycles. The van der Waals surface area contributed by atoms with Crippen LogP contribution in [0.3, 0.4) is 0 Å². The van der Waals surface area contributed by atoms with Crippen LogP contribution in [0, 0.1) is 0 Å². The Kier molecular flexibility index (Phi) is 4.24. The van der Waals surface area contributed by atoms with Crippen molar-refractivity contribution in [3.63, 3.8) is 0 Å². The molecule has 1 aliphatic rings. The second-order valence-electron chi connectivity index (χ2n) is 4.27. The first kappa shape index (κ1) is 13.9. The summed E-state index contributed by atoms with van der Waals surface area (Å²) >= 11 is 0. The first-order valence-electron chi connectivity index (χ1n) is 6.15. The lowest BCUT2D eigenvalue weighted by molar-refractivity contribution is -0.140. The number of ether oxygens (including phenoxy) is 1. The molecule has 6 nitrogen and oxygen atoms in total. The summed E-state index contributed by atoms with van der Waals surface area (Å²) < 4.78 is 4.49. The molecular formula is C14H14N2O4. The van der Waals surface area contributed by atoms with Crippen LogP contribution in [0.25, 0.3) is 0 Å². The van der Waals surface area contributed by atoms with E-state index in [0.29, 0.717) is 11.1 Å². The molecule has 1 aliphatic heterocycles. The van der Waals surface area contributed by atoms with Gasteiger partial charge in [0.25, 0.3) is 5.91 Å². The number of nitrogens with zero attached hydrogens (tertiary/aromatic N) is 1. The number of fused-ring (bicyclic) bond motifs is 1. The maximum atomic E-state index is 12.1. The lowest BCUT2D eigenvalue weighted by Crippen LogP contribution is -2.34. The molecule has 0 fully saturated rings. The lowest BCUT2D eigenvalue weighted by atomic mass is 9.92. The highest BCUT2D eigenvalue weighted by Gasteiger charge is 2.27. The molecule has 20 heavy (non-hydrogen) atoms. The predicted octanol–water partition coefficient (Wildman–Crippen LogP) is 0.674. The number of rotatable bonds is 4. The third-order valence-electron chi connectivity index (χ3n) is 3.01. The number of amides is 2. The summed E-state index contributed by atoms with van der Waals surface area (Å²) in [6, 6.07) is 6.86. The molecule has 1 aromatic carbocycles. The second-order valence-corrected chi connectivity index (χ2v) is 4.27. The molecule has 0 aromatic heterocycles. The van der Waals surface area contributed by atoms with E-state index in [4.69, 9.17) is 0 Å². The minimum Gasteiger partial charge on any atom is -0.469 e. The van der Waals surface area contributed by atoms with Gasteiger partial charge in [-0.25, -0.2) is 4.99 Å². The van der Waals surface area contributed by atoms with E-state index >= 15 is 0 Å². The van der Waals surface area contributed by atoms with Gasteiger partial charge in [-0.2, -0.15) is 0 Å². The SMILES string of the molecule is COC(=O)CCNC(=O)C1C=NC(=O)c2ccccc21. The van der Waals surface area contributed by atoms with Crippen LogP contribution in [-0.2, 0) is 14.3 Å². The molecule has 104 valence electrons. The fourth-order valence-electron chi connectivity index (χ4n) is 1.96. The van der Waals surface area contributed by atoms with Crippen molar-refractivity contribution in [2.24, 2.45) is 4.99 Å². The fraction of sp³-hybridized carbons (Fsp3) is 0.286. The summed E-state index contributed by atoms with van der Waals surface area (Å²) in [7, 11) is 1.29. The van der Waals surface area contributed by atoms with Gasteiger partial charge < -0.3 is 10.1 Å². The Morgan fingerprint density at radius 1 is 1.35 bits per heavy atom. The van der Waals surface area contributed by atoms with Gasteiger partial charge in [0.15, 0.2) is 0 Å². The highest BCUT2D eigenvalue weighted by Crippen LogP contribution is 2.23. The van der Waals surface area contributed by atoms with Crippen LogP contribution in [0.4, 0.5) is 0 Å². The summed E-state index contributed by atoms with van der Waals surface area (Å²) in [4.78, 5) is 38.4. The topological polar surface area (TPSA) is 84.8 Å². The van der Waals surface area contributed by atoms with Crippen molar-refractivity contribution >= 4 is 24.0 Å². The molecule has 2 amide bonds. The largest absolute Gasteiger partial charge is 0.469 e. The van der Waals surface area contributed by atoms with Gasteiger partial charge in [0.2, 0.25) is 5.91 Å². The Labute approximate surface area is 115 Å². The number of nitrogens with one attached hydrogen (secondary N) is 1. The zero-order chi connectivity index (χ0) is 14.5. The van der Waals surface area contributed by atoms with Crippen molar-refractivity contribution in [3.8, 4) is 0 Å². The number of carbonyl (C=O) groups is 3. The number of esters is 1. The summed E-state index contributed by atoms with van der Waals surface area (Å²) in [6.07, 6.45) is 1.44. The first-order chi connectivity index (χ1) is 9.63. The third-order valence-corrected chi connectivity index (χ3v) is 3.01. The van der Waals surface area contributed by atoms with E-state index in [1.165, 1.54) is 13.3 Å². The maximum absolute atomic E-state index is 12.1. The number of methoxy groups -OCH3 is 1. The van der Waals surface area contributed by atoms with Gasteiger partial charge in [-0.15, -0.1) is 0 Å². The van der Waals surface area contributed by atoms with Gasteiger partial charge in [-0.1, -0.05) is 18.2 Å². The van der Waals surface area contributed by atoms with Crippen LogP contribution >= 0.6 is 0 Å². The lowest BCUT2D eigenvalue weighted by Gasteiger charge is -2.18. The van der Waals surface area contributed by atoms with E-state index < -0.39 is 11.9 Å². The van der Waals surface area contributed by atoms with Crippen molar-refractivity contribution in [2.45, 2.75) is 12.3 Å². The fourth-order valence-corrected chi connectivity index (χ4v) is 1.96. The van der Waals surface area contributed by atoms with E-state index in [1.54, 1.807) is 24.3 Å². The predicted molar refractivity (Wildman–Crippen MR) is 71.6 cm³/mol. The minimum atomic E-state index is -0.610. The Bertz CT molecular complexity index is 580. The Hall–Kier alpha value is -2.50. The Balaban J connectivity index is 2.06. The molecule has 0 radical (unpaired) electrons. The van der Waals surface area contributed by atoms with Gasteiger partial charge in [-0.05, 0) is 11.6 Å². The summed E-state index contributed by atoms with van der Waals surface area (Å²) in [6.45, 7) is 0.186. The van der Waals surface area contributed by atoms with Crippen LogP contribution in [-0.4, -0.2) is 37.7 Å². The molecule has 1 unspecified atom stereocenters. The number of carbonyl (C=O) groups excluding carboxylic acids is 3. The van der Waals surface area contributed by atoms with Crippen LogP contribution in [0.1, 0.15) is 28.3 Å². The van der Waals surface area contributed by atoms with Gasteiger partial charge in [0.05, 0.1) is 19.4 Å². The van der Waals surface area contributed by atoms with Crippen LogP contribution in [0.2, 0.25) is 0 Å². The van der Waals surface area contributed by atoms with Gasteiger partial charge in [0.1, 0.15) is 0 Å². The molecule has 0 aliphatic carbocycles. The zero-order valence-electron chi connectivity index (χ0n) is 11.0. The number of aliphatic imine (C=N–C) groups is 1. The third kappa shape index (κ3) is 2.90. The summed E-state index contributed by atoms with van der Waals surface area (Å²) in [5.74, 6) is -1.64. The molecule has 1 N–H and O–H groups in total. The quantitative estimate of drug-likeness (QED) is 0.818. The highest BCUT2D eigenvalue weighted by molar-refractivity contribution is 6.11. The first-order valence-corrected chi connectivity index (χ1v) is 6.15. The molecule has 6 heteroatoms. The molecule has 1 atom stereocenters. The zero-order valence-corrected chi connectivity index (χ0v) is 11.0. The molecule has 0 bridgehead atoms. The van der Waals surface area contributed by atoms with E-state index in [9.17, 15) is 14.4 Å². The van der Waals surface area contributed by atoms with Gasteiger partial charge in [0, 0.05) is 18.3 Å². The average Bonchev–Trinajstić information content (AvgIpc) is 2.47. The normalized spacial score (nSPS) is 16.4. The summed E-state index contributed by atoms with van der Waals surface area (Å²) in [5.41, 5.74) is 1.06.